The Hall–Kier alpha value is -1.28. The second-order valence-electron chi connectivity index (χ2n) is 5.29. The zero-order chi connectivity index (χ0) is 15.2. The molecule has 0 aliphatic carbocycles. The molecule has 1 N–H and O–H groups in total. The highest BCUT2D eigenvalue weighted by molar-refractivity contribution is 7.99. The summed E-state index contributed by atoms with van der Waals surface area (Å²) in [6.07, 6.45) is 1.95. The van der Waals surface area contributed by atoms with E-state index >= 15 is 0 Å². The molecule has 1 fully saturated rings. The Morgan fingerprint density at radius 1 is 1.33 bits per heavy atom. The number of hydrogen-bond acceptors (Lipinski definition) is 5. The maximum atomic E-state index is 12.2. The fraction of sp³-hybridized carbons (Fsp3) is 0.769. The van der Waals surface area contributed by atoms with Crippen molar-refractivity contribution in [2.24, 2.45) is 0 Å². The minimum Gasteiger partial charge on any atom is -0.339 e. The van der Waals surface area contributed by atoms with Crippen molar-refractivity contribution in [3.63, 3.8) is 0 Å². The lowest BCUT2D eigenvalue weighted by atomic mass is 10.3. The van der Waals surface area contributed by atoms with E-state index in [1.54, 1.807) is 4.57 Å². The summed E-state index contributed by atoms with van der Waals surface area (Å²) in [5, 5.41) is 7.07. The van der Waals surface area contributed by atoms with Crippen molar-refractivity contribution in [3.8, 4) is 0 Å². The number of amides is 1. The highest BCUT2D eigenvalue weighted by Crippen LogP contribution is 2.15. The largest absolute Gasteiger partial charge is 0.343 e. The van der Waals surface area contributed by atoms with E-state index in [2.05, 4.69) is 29.1 Å². The molecule has 0 radical (unpaired) electrons. The number of aromatic amines is 1. The maximum absolute atomic E-state index is 12.2. The summed E-state index contributed by atoms with van der Waals surface area (Å²) in [6, 6.07) is 0. The predicted molar refractivity (Wildman–Crippen MR) is 82.6 cm³/mol. The SMILES string of the molecule is CCCCn1c(SCC(=O)N2CCN(C)CC2)n[nH]c1=O. The maximum Gasteiger partial charge on any atom is 0.343 e. The molecule has 0 saturated carbocycles. The molecule has 0 bridgehead atoms. The Labute approximate surface area is 128 Å². The van der Waals surface area contributed by atoms with Crippen molar-refractivity contribution >= 4 is 17.7 Å². The number of thioether (sulfide) groups is 1. The van der Waals surface area contributed by atoms with Crippen molar-refractivity contribution < 1.29 is 4.79 Å². The smallest absolute Gasteiger partial charge is 0.339 e. The van der Waals surface area contributed by atoms with Gasteiger partial charge in [0.1, 0.15) is 0 Å². The van der Waals surface area contributed by atoms with Gasteiger partial charge in [0.25, 0.3) is 0 Å². The van der Waals surface area contributed by atoms with E-state index in [0.29, 0.717) is 17.5 Å². The highest BCUT2D eigenvalue weighted by atomic mass is 32.2. The van der Waals surface area contributed by atoms with E-state index < -0.39 is 0 Å². The van der Waals surface area contributed by atoms with Crippen molar-refractivity contribution in [2.75, 3.05) is 39.0 Å². The topological polar surface area (TPSA) is 74.2 Å². The van der Waals surface area contributed by atoms with Crippen molar-refractivity contribution in [2.45, 2.75) is 31.5 Å². The number of carbonyl (C=O) groups excluding carboxylic acids is 1. The molecule has 1 saturated heterocycles. The zero-order valence-electron chi connectivity index (χ0n) is 12.7. The third kappa shape index (κ3) is 4.34. The average Bonchev–Trinajstić information content (AvgIpc) is 2.83. The molecular weight excluding hydrogens is 290 g/mol. The Bertz CT molecular complexity index is 519. The summed E-state index contributed by atoms with van der Waals surface area (Å²) in [6.45, 7) is 6.12. The number of hydrogen-bond donors (Lipinski definition) is 1. The van der Waals surface area contributed by atoms with Gasteiger partial charge in [-0.25, -0.2) is 9.89 Å². The second kappa shape index (κ2) is 7.65. The van der Waals surface area contributed by atoms with Gasteiger partial charge >= 0.3 is 5.69 Å². The number of piperazine rings is 1. The first-order chi connectivity index (χ1) is 10.1. The number of carbonyl (C=O) groups is 1. The summed E-state index contributed by atoms with van der Waals surface area (Å²) in [5.74, 6) is 0.450. The van der Waals surface area contributed by atoms with Gasteiger partial charge in [-0.15, -0.1) is 5.10 Å². The molecule has 0 aromatic carbocycles. The van der Waals surface area contributed by atoms with Gasteiger partial charge in [0.2, 0.25) is 5.91 Å². The van der Waals surface area contributed by atoms with Gasteiger partial charge in [0, 0.05) is 32.7 Å². The Morgan fingerprint density at radius 3 is 2.71 bits per heavy atom. The molecule has 2 heterocycles. The van der Waals surface area contributed by atoms with Crippen LogP contribution in [-0.2, 0) is 11.3 Å². The summed E-state index contributed by atoms with van der Waals surface area (Å²) < 4.78 is 1.62. The number of likely N-dealkylation sites (N-methyl/N-ethyl adjacent to an activating group) is 1. The number of nitrogens with zero attached hydrogens (tertiary/aromatic N) is 4. The third-order valence-corrected chi connectivity index (χ3v) is 4.60. The molecule has 8 heteroatoms. The molecule has 1 amide bonds. The number of aromatic nitrogens is 3. The molecule has 1 aromatic rings. The number of rotatable bonds is 6. The molecule has 1 aliphatic heterocycles. The first-order valence-corrected chi connectivity index (χ1v) is 8.34. The molecule has 0 spiro atoms. The van der Waals surface area contributed by atoms with Crippen LogP contribution in [0.1, 0.15) is 19.8 Å². The lowest BCUT2D eigenvalue weighted by Gasteiger charge is -2.32. The Kier molecular flexibility index (Phi) is 5.86. The minimum absolute atomic E-state index is 0.116. The summed E-state index contributed by atoms with van der Waals surface area (Å²) in [5.41, 5.74) is -0.196. The molecule has 118 valence electrons. The normalized spacial score (nSPS) is 16.4. The van der Waals surface area contributed by atoms with Crippen LogP contribution in [0.15, 0.2) is 9.95 Å². The van der Waals surface area contributed by atoms with E-state index in [9.17, 15) is 9.59 Å². The quantitative estimate of drug-likeness (QED) is 0.762. The predicted octanol–water partition coefficient (Wildman–Crippen LogP) is 0.238. The van der Waals surface area contributed by atoms with E-state index in [-0.39, 0.29) is 11.6 Å². The molecule has 7 nitrogen and oxygen atoms in total. The van der Waals surface area contributed by atoms with Crippen LogP contribution in [0.4, 0.5) is 0 Å². The van der Waals surface area contributed by atoms with Gasteiger partial charge in [-0.05, 0) is 13.5 Å². The number of nitrogens with one attached hydrogen (secondary N) is 1. The van der Waals surface area contributed by atoms with Gasteiger partial charge in [0.05, 0.1) is 5.75 Å². The lowest BCUT2D eigenvalue weighted by Crippen LogP contribution is -2.47. The second-order valence-corrected chi connectivity index (χ2v) is 6.23. The number of unbranched alkanes of at least 4 members (excludes halogenated alkanes) is 1. The Morgan fingerprint density at radius 2 is 2.05 bits per heavy atom. The highest BCUT2D eigenvalue weighted by Gasteiger charge is 2.20. The minimum atomic E-state index is -0.196. The molecule has 0 unspecified atom stereocenters. The van der Waals surface area contributed by atoms with Gasteiger partial charge in [-0.1, -0.05) is 25.1 Å². The van der Waals surface area contributed by atoms with Gasteiger partial charge in [-0.3, -0.25) is 9.36 Å². The monoisotopic (exact) mass is 313 g/mol. The molecule has 0 atom stereocenters. The zero-order valence-corrected chi connectivity index (χ0v) is 13.5. The van der Waals surface area contributed by atoms with Crippen LogP contribution in [0.3, 0.4) is 0 Å². The lowest BCUT2D eigenvalue weighted by molar-refractivity contribution is -0.129. The van der Waals surface area contributed by atoms with Crippen LogP contribution in [0, 0.1) is 0 Å². The standard InChI is InChI=1S/C13H23N5O2S/c1-3-4-5-18-12(20)14-15-13(18)21-10-11(19)17-8-6-16(2)7-9-17/h3-10H2,1-2H3,(H,14,20). The molecular formula is C13H23N5O2S. The van der Waals surface area contributed by atoms with Crippen LogP contribution >= 0.6 is 11.8 Å². The van der Waals surface area contributed by atoms with Crippen LogP contribution < -0.4 is 5.69 Å². The van der Waals surface area contributed by atoms with Gasteiger partial charge in [-0.2, -0.15) is 0 Å². The average molecular weight is 313 g/mol. The van der Waals surface area contributed by atoms with Gasteiger partial charge < -0.3 is 9.80 Å². The molecule has 1 aromatic heterocycles. The van der Waals surface area contributed by atoms with Crippen molar-refractivity contribution in [3.05, 3.63) is 10.5 Å². The van der Waals surface area contributed by atoms with E-state index in [1.165, 1.54) is 11.8 Å². The molecule has 1 aliphatic rings. The number of H-pyrrole nitrogens is 1. The Balaban J connectivity index is 1.88. The van der Waals surface area contributed by atoms with E-state index in [0.717, 1.165) is 39.0 Å². The van der Waals surface area contributed by atoms with Crippen LogP contribution in [-0.4, -0.2) is 69.5 Å². The molecule has 2 rings (SSSR count). The summed E-state index contributed by atoms with van der Waals surface area (Å²) in [7, 11) is 2.06. The first kappa shape index (κ1) is 16.1. The van der Waals surface area contributed by atoms with Gasteiger partial charge in [0.15, 0.2) is 5.16 Å². The van der Waals surface area contributed by atoms with E-state index in [1.807, 2.05) is 4.90 Å². The third-order valence-electron chi connectivity index (χ3n) is 3.64. The fourth-order valence-electron chi connectivity index (χ4n) is 2.20. The summed E-state index contributed by atoms with van der Waals surface area (Å²) >= 11 is 1.34. The van der Waals surface area contributed by atoms with Crippen LogP contribution in [0.2, 0.25) is 0 Å². The van der Waals surface area contributed by atoms with Crippen molar-refractivity contribution in [1.29, 1.82) is 0 Å². The van der Waals surface area contributed by atoms with Crippen molar-refractivity contribution in [1.82, 2.24) is 24.6 Å². The van der Waals surface area contributed by atoms with Crippen LogP contribution in [0.25, 0.3) is 0 Å². The van der Waals surface area contributed by atoms with E-state index in [4.69, 9.17) is 0 Å². The molecule has 21 heavy (non-hydrogen) atoms. The fourth-order valence-corrected chi connectivity index (χ4v) is 3.08. The van der Waals surface area contributed by atoms with Crippen LogP contribution in [0.5, 0.6) is 0 Å². The summed E-state index contributed by atoms with van der Waals surface area (Å²) in [4.78, 5) is 27.9. The first-order valence-electron chi connectivity index (χ1n) is 7.36.